The van der Waals surface area contributed by atoms with Crippen LogP contribution in [-0.2, 0) is 0 Å². The van der Waals surface area contributed by atoms with Crippen molar-refractivity contribution >= 4 is 11.0 Å². The summed E-state index contributed by atoms with van der Waals surface area (Å²) in [6.45, 7) is 1.89. The summed E-state index contributed by atoms with van der Waals surface area (Å²) in [7, 11) is 4.71. The maximum absolute atomic E-state index is 12.6. The van der Waals surface area contributed by atoms with Crippen molar-refractivity contribution in [1.29, 1.82) is 0 Å². The number of hydrogen-bond donors (Lipinski definition) is 0. The van der Waals surface area contributed by atoms with Gasteiger partial charge in [-0.15, -0.1) is 0 Å². The first-order valence-electron chi connectivity index (χ1n) is 7.43. The zero-order chi connectivity index (χ0) is 17.3. The van der Waals surface area contributed by atoms with E-state index in [-0.39, 0.29) is 0 Å². The van der Waals surface area contributed by atoms with Crippen LogP contribution in [0.25, 0.3) is 22.1 Å². The second-order valence-corrected chi connectivity index (χ2v) is 5.32. The van der Waals surface area contributed by atoms with Crippen LogP contribution in [0.1, 0.15) is 5.56 Å². The lowest BCUT2D eigenvalue weighted by molar-refractivity contribution is 0.404. The van der Waals surface area contributed by atoms with Crippen molar-refractivity contribution in [2.24, 2.45) is 0 Å². The number of fused-ring (bicyclic) bond motifs is 1. The van der Waals surface area contributed by atoms with E-state index < -0.39 is 5.63 Å². The van der Waals surface area contributed by atoms with Crippen LogP contribution in [0.3, 0.4) is 0 Å². The number of aryl methyl sites for hydroxylation is 1. The van der Waals surface area contributed by atoms with Crippen LogP contribution in [0.15, 0.2) is 45.6 Å². The first kappa shape index (κ1) is 15.9. The van der Waals surface area contributed by atoms with Crippen LogP contribution in [0, 0.1) is 6.92 Å². The first-order chi connectivity index (χ1) is 11.6. The molecule has 3 aromatic rings. The summed E-state index contributed by atoms with van der Waals surface area (Å²) in [6, 6.07) is 10.7. The molecule has 0 aliphatic carbocycles. The summed E-state index contributed by atoms with van der Waals surface area (Å²) < 4.78 is 21.4. The van der Waals surface area contributed by atoms with Crippen LogP contribution in [0.5, 0.6) is 17.2 Å². The Morgan fingerprint density at radius 1 is 0.875 bits per heavy atom. The van der Waals surface area contributed by atoms with Gasteiger partial charge in [-0.05, 0) is 42.8 Å². The Morgan fingerprint density at radius 2 is 1.54 bits per heavy atom. The number of rotatable bonds is 4. The van der Waals surface area contributed by atoms with Crippen molar-refractivity contribution < 1.29 is 18.6 Å². The molecule has 0 aliphatic rings. The first-order valence-corrected chi connectivity index (χ1v) is 7.43. The summed E-state index contributed by atoms with van der Waals surface area (Å²) in [6.07, 6.45) is 0. The number of ether oxygens (including phenoxy) is 3. The molecular formula is C19H18O5. The molecule has 2 aromatic carbocycles. The Labute approximate surface area is 139 Å². The molecule has 0 atom stereocenters. The molecule has 0 bridgehead atoms. The van der Waals surface area contributed by atoms with E-state index >= 15 is 0 Å². The molecule has 1 aromatic heterocycles. The molecule has 3 rings (SSSR count). The molecule has 24 heavy (non-hydrogen) atoms. The molecular weight excluding hydrogens is 308 g/mol. The van der Waals surface area contributed by atoms with E-state index in [1.807, 2.05) is 19.1 Å². The molecule has 0 N–H and O–H groups in total. The normalized spacial score (nSPS) is 10.7. The van der Waals surface area contributed by atoms with Gasteiger partial charge < -0.3 is 18.6 Å². The van der Waals surface area contributed by atoms with Crippen molar-refractivity contribution in [2.45, 2.75) is 6.92 Å². The molecule has 0 aliphatic heterocycles. The van der Waals surface area contributed by atoms with Gasteiger partial charge in [0.2, 0.25) is 0 Å². The summed E-state index contributed by atoms with van der Waals surface area (Å²) in [4.78, 5) is 12.6. The van der Waals surface area contributed by atoms with E-state index in [0.29, 0.717) is 34.0 Å². The highest BCUT2D eigenvalue weighted by Gasteiger charge is 2.18. The van der Waals surface area contributed by atoms with Gasteiger partial charge in [-0.1, -0.05) is 0 Å². The molecule has 0 saturated carbocycles. The average Bonchev–Trinajstić information content (AvgIpc) is 2.61. The summed E-state index contributed by atoms with van der Waals surface area (Å²) in [5, 5.41) is 0.843. The van der Waals surface area contributed by atoms with Crippen molar-refractivity contribution in [3.63, 3.8) is 0 Å². The lowest BCUT2D eigenvalue weighted by Crippen LogP contribution is -2.07. The minimum atomic E-state index is -0.431. The molecule has 0 saturated heterocycles. The van der Waals surface area contributed by atoms with Crippen molar-refractivity contribution in [2.75, 3.05) is 21.3 Å². The van der Waals surface area contributed by atoms with Gasteiger partial charge in [0.25, 0.3) is 0 Å². The zero-order valence-corrected chi connectivity index (χ0v) is 14.0. The second-order valence-electron chi connectivity index (χ2n) is 5.32. The van der Waals surface area contributed by atoms with Crippen molar-refractivity contribution in [3.8, 4) is 28.4 Å². The van der Waals surface area contributed by atoms with Crippen LogP contribution < -0.4 is 19.8 Å². The highest BCUT2D eigenvalue weighted by atomic mass is 16.5. The average molecular weight is 326 g/mol. The third-order valence-electron chi connectivity index (χ3n) is 4.05. The van der Waals surface area contributed by atoms with Gasteiger partial charge in [0.15, 0.2) is 0 Å². The fraction of sp³-hybridized carbons (Fsp3) is 0.211. The van der Waals surface area contributed by atoms with E-state index in [0.717, 1.165) is 10.9 Å². The monoisotopic (exact) mass is 326 g/mol. The van der Waals surface area contributed by atoms with Crippen LogP contribution in [0.4, 0.5) is 0 Å². The van der Waals surface area contributed by atoms with Gasteiger partial charge in [0.05, 0.1) is 26.9 Å². The largest absolute Gasteiger partial charge is 0.497 e. The van der Waals surface area contributed by atoms with Gasteiger partial charge in [-0.3, -0.25) is 0 Å². The Bertz CT molecular complexity index is 956. The van der Waals surface area contributed by atoms with E-state index in [2.05, 4.69) is 0 Å². The van der Waals surface area contributed by atoms with Gasteiger partial charge in [0.1, 0.15) is 22.8 Å². The third kappa shape index (κ3) is 2.58. The van der Waals surface area contributed by atoms with Crippen molar-refractivity contribution in [1.82, 2.24) is 0 Å². The molecule has 124 valence electrons. The molecule has 0 radical (unpaired) electrons. The molecule has 0 spiro atoms. The Morgan fingerprint density at radius 3 is 2.21 bits per heavy atom. The lowest BCUT2D eigenvalue weighted by Gasteiger charge is -2.13. The van der Waals surface area contributed by atoms with Gasteiger partial charge in [0, 0.05) is 17.0 Å². The molecule has 1 heterocycles. The van der Waals surface area contributed by atoms with E-state index in [4.69, 9.17) is 18.6 Å². The predicted octanol–water partition coefficient (Wildman–Crippen LogP) is 3.79. The summed E-state index contributed by atoms with van der Waals surface area (Å²) >= 11 is 0. The third-order valence-corrected chi connectivity index (χ3v) is 4.05. The fourth-order valence-corrected chi connectivity index (χ4v) is 2.78. The maximum Gasteiger partial charge on any atom is 0.344 e. The minimum absolute atomic E-state index is 0.431. The summed E-state index contributed by atoms with van der Waals surface area (Å²) in [5.74, 6) is 1.86. The fourth-order valence-electron chi connectivity index (χ4n) is 2.78. The second kappa shape index (κ2) is 6.28. The topological polar surface area (TPSA) is 57.9 Å². The maximum atomic E-state index is 12.6. The molecule has 0 unspecified atom stereocenters. The minimum Gasteiger partial charge on any atom is -0.497 e. The molecule has 5 heteroatoms. The molecule has 5 nitrogen and oxygen atoms in total. The zero-order valence-electron chi connectivity index (χ0n) is 14.0. The summed E-state index contributed by atoms with van der Waals surface area (Å²) in [5.41, 5.74) is 1.97. The Balaban J connectivity index is 2.33. The quantitative estimate of drug-likeness (QED) is 0.683. The Hall–Kier alpha value is -2.95. The van der Waals surface area contributed by atoms with Crippen LogP contribution >= 0.6 is 0 Å². The number of methoxy groups -OCH3 is 3. The molecule has 0 fully saturated rings. The standard InChI is InChI=1S/C19H18O5/c1-11-14-7-5-13(22-3)10-17(14)24-19(20)18(11)15-9-12(21-2)6-8-16(15)23-4/h5-10H,1-4H3. The highest BCUT2D eigenvalue weighted by molar-refractivity contribution is 5.88. The van der Waals surface area contributed by atoms with Gasteiger partial charge in [-0.2, -0.15) is 0 Å². The smallest absolute Gasteiger partial charge is 0.344 e. The van der Waals surface area contributed by atoms with Crippen LogP contribution in [0.2, 0.25) is 0 Å². The van der Waals surface area contributed by atoms with E-state index in [1.54, 1.807) is 45.6 Å². The van der Waals surface area contributed by atoms with Crippen LogP contribution in [-0.4, -0.2) is 21.3 Å². The van der Waals surface area contributed by atoms with Gasteiger partial charge in [-0.25, -0.2) is 4.79 Å². The predicted molar refractivity (Wildman–Crippen MR) is 92.3 cm³/mol. The highest BCUT2D eigenvalue weighted by Crippen LogP contribution is 2.36. The number of benzene rings is 2. The van der Waals surface area contributed by atoms with Crippen molar-refractivity contribution in [3.05, 3.63) is 52.4 Å². The SMILES string of the molecule is COc1ccc(OC)c(-c2c(C)c3ccc(OC)cc3oc2=O)c1. The number of hydrogen-bond acceptors (Lipinski definition) is 5. The van der Waals surface area contributed by atoms with Gasteiger partial charge >= 0.3 is 5.63 Å². The van der Waals surface area contributed by atoms with E-state index in [9.17, 15) is 4.79 Å². The Kier molecular flexibility index (Phi) is 4.16. The lowest BCUT2D eigenvalue weighted by atomic mass is 9.98. The van der Waals surface area contributed by atoms with E-state index in [1.165, 1.54) is 0 Å². The molecule has 0 amide bonds.